The molecule has 1 aromatic heterocycles. The first-order chi connectivity index (χ1) is 8.84. The SMILES string of the molecule is Nc1ccccc1-c1nc(N2CCOCC2)no1. The summed E-state index contributed by atoms with van der Waals surface area (Å²) >= 11 is 0. The molecular weight excluding hydrogens is 232 g/mol. The molecule has 0 radical (unpaired) electrons. The summed E-state index contributed by atoms with van der Waals surface area (Å²) in [5.41, 5.74) is 7.28. The molecule has 94 valence electrons. The van der Waals surface area contributed by atoms with Gasteiger partial charge in [0.25, 0.3) is 11.8 Å². The number of benzene rings is 1. The zero-order chi connectivity index (χ0) is 12.4. The van der Waals surface area contributed by atoms with Crippen LogP contribution in [0, 0.1) is 0 Å². The third-order valence-corrected chi connectivity index (χ3v) is 2.90. The smallest absolute Gasteiger partial charge is 0.266 e. The fourth-order valence-corrected chi connectivity index (χ4v) is 1.91. The maximum atomic E-state index is 5.88. The van der Waals surface area contributed by atoms with E-state index in [0.29, 0.717) is 30.7 Å². The average molecular weight is 246 g/mol. The highest BCUT2D eigenvalue weighted by Crippen LogP contribution is 2.25. The molecule has 0 aliphatic carbocycles. The van der Waals surface area contributed by atoms with Gasteiger partial charge in [-0.25, -0.2) is 0 Å². The van der Waals surface area contributed by atoms with Crippen molar-refractivity contribution in [2.75, 3.05) is 36.9 Å². The first-order valence-corrected chi connectivity index (χ1v) is 5.86. The molecule has 0 amide bonds. The quantitative estimate of drug-likeness (QED) is 0.801. The van der Waals surface area contributed by atoms with E-state index in [1.54, 1.807) is 0 Å². The van der Waals surface area contributed by atoms with Gasteiger partial charge in [0, 0.05) is 18.8 Å². The summed E-state index contributed by atoms with van der Waals surface area (Å²) in [6, 6.07) is 7.45. The summed E-state index contributed by atoms with van der Waals surface area (Å²) in [6.45, 7) is 2.95. The molecule has 0 spiro atoms. The topological polar surface area (TPSA) is 77.4 Å². The van der Waals surface area contributed by atoms with Crippen molar-refractivity contribution in [1.29, 1.82) is 0 Å². The highest BCUT2D eigenvalue weighted by atomic mass is 16.5. The van der Waals surface area contributed by atoms with Gasteiger partial charge in [0.15, 0.2) is 0 Å². The summed E-state index contributed by atoms with van der Waals surface area (Å²) in [5, 5.41) is 3.99. The van der Waals surface area contributed by atoms with Gasteiger partial charge in [0.1, 0.15) is 0 Å². The number of nitrogen functional groups attached to an aromatic ring is 1. The molecule has 6 heteroatoms. The van der Waals surface area contributed by atoms with Crippen LogP contribution >= 0.6 is 0 Å². The van der Waals surface area contributed by atoms with E-state index < -0.39 is 0 Å². The van der Waals surface area contributed by atoms with E-state index in [1.807, 2.05) is 29.2 Å². The van der Waals surface area contributed by atoms with Gasteiger partial charge in [-0.1, -0.05) is 12.1 Å². The number of hydrogen-bond donors (Lipinski definition) is 1. The van der Waals surface area contributed by atoms with Crippen molar-refractivity contribution in [3.05, 3.63) is 24.3 Å². The van der Waals surface area contributed by atoms with Crippen LogP contribution in [0.4, 0.5) is 11.6 Å². The van der Waals surface area contributed by atoms with Crippen LogP contribution in [0.15, 0.2) is 28.8 Å². The van der Waals surface area contributed by atoms with E-state index in [9.17, 15) is 0 Å². The lowest BCUT2D eigenvalue weighted by atomic mass is 10.2. The van der Waals surface area contributed by atoms with Crippen LogP contribution in [-0.2, 0) is 4.74 Å². The molecule has 1 aliphatic rings. The Bertz CT molecular complexity index is 534. The van der Waals surface area contributed by atoms with Crippen molar-refractivity contribution in [3.8, 4) is 11.5 Å². The lowest BCUT2D eigenvalue weighted by molar-refractivity contribution is 0.121. The van der Waals surface area contributed by atoms with Gasteiger partial charge in [-0.15, -0.1) is 0 Å². The molecule has 3 rings (SSSR count). The van der Waals surface area contributed by atoms with Gasteiger partial charge in [-0.2, -0.15) is 4.98 Å². The number of morpholine rings is 1. The first kappa shape index (κ1) is 11.0. The highest BCUT2D eigenvalue weighted by Gasteiger charge is 2.18. The summed E-state index contributed by atoms with van der Waals surface area (Å²) in [4.78, 5) is 6.41. The Morgan fingerprint density at radius 3 is 2.72 bits per heavy atom. The molecule has 1 aliphatic heterocycles. The Kier molecular flexibility index (Phi) is 2.85. The Labute approximate surface area is 104 Å². The molecule has 0 bridgehead atoms. The van der Waals surface area contributed by atoms with Crippen molar-refractivity contribution in [1.82, 2.24) is 10.1 Å². The minimum absolute atomic E-state index is 0.453. The maximum absolute atomic E-state index is 5.88. The molecule has 0 saturated carbocycles. The second-order valence-corrected chi connectivity index (χ2v) is 4.09. The molecule has 6 nitrogen and oxygen atoms in total. The number of aromatic nitrogens is 2. The van der Waals surface area contributed by atoms with Crippen LogP contribution in [0.1, 0.15) is 0 Å². The molecule has 2 heterocycles. The van der Waals surface area contributed by atoms with Crippen molar-refractivity contribution in [2.24, 2.45) is 0 Å². The van der Waals surface area contributed by atoms with Crippen LogP contribution in [-0.4, -0.2) is 36.4 Å². The van der Waals surface area contributed by atoms with E-state index >= 15 is 0 Å². The van der Waals surface area contributed by atoms with Gasteiger partial charge < -0.3 is 19.9 Å². The Balaban J connectivity index is 1.87. The predicted octanol–water partition coefficient (Wildman–Crippen LogP) is 1.16. The molecule has 1 fully saturated rings. The van der Waals surface area contributed by atoms with E-state index in [2.05, 4.69) is 10.1 Å². The number of rotatable bonds is 2. The van der Waals surface area contributed by atoms with Gasteiger partial charge >= 0.3 is 0 Å². The van der Waals surface area contributed by atoms with Crippen molar-refractivity contribution >= 4 is 11.6 Å². The van der Waals surface area contributed by atoms with E-state index in [1.165, 1.54) is 0 Å². The lowest BCUT2D eigenvalue weighted by Crippen LogP contribution is -2.36. The summed E-state index contributed by atoms with van der Waals surface area (Å²) < 4.78 is 10.5. The predicted molar refractivity (Wildman–Crippen MR) is 67.2 cm³/mol. The molecule has 1 saturated heterocycles. The highest BCUT2D eigenvalue weighted by molar-refractivity contribution is 5.70. The number of hydrogen-bond acceptors (Lipinski definition) is 6. The summed E-state index contributed by atoms with van der Waals surface area (Å²) in [7, 11) is 0. The van der Waals surface area contributed by atoms with Crippen molar-refractivity contribution < 1.29 is 9.26 Å². The van der Waals surface area contributed by atoms with Gasteiger partial charge in [-0.05, 0) is 17.3 Å². The fourth-order valence-electron chi connectivity index (χ4n) is 1.91. The Hall–Kier alpha value is -2.08. The molecule has 1 aromatic carbocycles. The van der Waals surface area contributed by atoms with Crippen LogP contribution in [0.5, 0.6) is 0 Å². The standard InChI is InChI=1S/C12H14N4O2/c13-10-4-2-1-3-9(10)11-14-12(15-18-11)16-5-7-17-8-6-16/h1-4H,5-8,13H2. The minimum Gasteiger partial charge on any atom is -0.398 e. The van der Waals surface area contributed by atoms with Crippen LogP contribution in [0.25, 0.3) is 11.5 Å². The molecule has 2 N–H and O–H groups in total. The second kappa shape index (κ2) is 4.66. The molecule has 0 atom stereocenters. The number of para-hydroxylation sites is 1. The van der Waals surface area contributed by atoms with Crippen LogP contribution in [0.2, 0.25) is 0 Å². The maximum Gasteiger partial charge on any atom is 0.266 e. The normalized spacial score (nSPS) is 15.9. The van der Waals surface area contributed by atoms with Crippen LogP contribution in [0.3, 0.4) is 0 Å². The van der Waals surface area contributed by atoms with Gasteiger partial charge in [0.2, 0.25) is 0 Å². The molecule has 2 aromatic rings. The Morgan fingerprint density at radius 1 is 1.17 bits per heavy atom. The zero-order valence-corrected chi connectivity index (χ0v) is 9.87. The minimum atomic E-state index is 0.453. The Morgan fingerprint density at radius 2 is 1.94 bits per heavy atom. The summed E-state index contributed by atoms with van der Waals surface area (Å²) in [6.07, 6.45) is 0. The lowest BCUT2D eigenvalue weighted by Gasteiger charge is -2.24. The molecule has 0 unspecified atom stereocenters. The van der Waals surface area contributed by atoms with Gasteiger partial charge in [0.05, 0.1) is 18.8 Å². The number of nitrogens with two attached hydrogens (primary N) is 1. The zero-order valence-electron chi connectivity index (χ0n) is 9.87. The fraction of sp³-hybridized carbons (Fsp3) is 0.333. The first-order valence-electron chi connectivity index (χ1n) is 5.86. The summed E-state index contributed by atoms with van der Waals surface area (Å²) in [5.74, 6) is 1.05. The number of ether oxygens (including phenoxy) is 1. The third-order valence-electron chi connectivity index (χ3n) is 2.90. The van der Waals surface area contributed by atoms with Crippen molar-refractivity contribution in [2.45, 2.75) is 0 Å². The average Bonchev–Trinajstić information content (AvgIpc) is 2.90. The molecular formula is C12H14N4O2. The van der Waals surface area contributed by atoms with E-state index in [4.69, 9.17) is 15.0 Å². The third kappa shape index (κ3) is 2.02. The van der Waals surface area contributed by atoms with E-state index in [-0.39, 0.29) is 0 Å². The number of nitrogens with zero attached hydrogens (tertiary/aromatic N) is 3. The largest absolute Gasteiger partial charge is 0.398 e. The van der Waals surface area contributed by atoms with Crippen LogP contribution < -0.4 is 10.6 Å². The van der Waals surface area contributed by atoms with E-state index in [0.717, 1.165) is 18.7 Å². The van der Waals surface area contributed by atoms with Gasteiger partial charge in [-0.3, -0.25) is 0 Å². The van der Waals surface area contributed by atoms with Crippen molar-refractivity contribution in [3.63, 3.8) is 0 Å². The number of anilines is 2. The molecule has 18 heavy (non-hydrogen) atoms. The monoisotopic (exact) mass is 246 g/mol. The second-order valence-electron chi connectivity index (χ2n) is 4.09.